The fraction of sp³-hybridized carbons (Fsp3) is 0.579. The van der Waals surface area contributed by atoms with Gasteiger partial charge in [-0.15, -0.1) is 0 Å². The number of carbonyl (C=O) groups is 1. The number of hydrogen-bond acceptors (Lipinski definition) is 4. The van der Waals surface area contributed by atoms with Gasteiger partial charge in [0, 0.05) is 25.5 Å². The molecular weight excluding hydrogens is 302 g/mol. The van der Waals surface area contributed by atoms with E-state index in [2.05, 4.69) is 16.9 Å². The van der Waals surface area contributed by atoms with Gasteiger partial charge in [-0.1, -0.05) is 25.5 Å². The van der Waals surface area contributed by atoms with Gasteiger partial charge in [0.1, 0.15) is 6.10 Å². The first-order valence-corrected chi connectivity index (χ1v) is 8.95. The number of carbonyl (C=O) groups excluding carboxylic acids is 1. The molecule has 1 fully saturated rings. The SMILES string of the molecule is CCCCN1CCC(OC(=O)c2nn(C)c3cccc(C)c23)CC1. The predicted octanol–water partition coefficient (Wildman–Crippen LogP) is 3.30. The lowest BCUT2D eigenvalue weighted by Crippen LogP contribution is -2.38. The van der Waals surface area contributed by atoms with E-state index in [-0.39, 0.29) is 12.1 Å². The molecule has 0 radical (unpaired) electrons. The van der Waals surface area contributed by atoms with Gasteiger partial charge in [0.15, 0.2) is 5.69 Å². The van der Waals surface area contributed by atoms with Crippen LogP contribution >= 0.6 is 0 Å². The van der Waals surface area contributed by atoms with E-state index >= 15 is 0 Å². The molecule has 2 heterocycles. The van der Waals surface area contributed by atoms with Crippen LogP contribution in [0.1, 0.15) is 48.7 Å². The number of fused-ring (bicyclic) bond motifs is 1. The molecular formula is C19H27N3O2. The predicted molar refractivity (Wildman–Crippen MR) is 95.2 cm³/mol. The third-order valence-electron chi connectivity index (χ3n) is 4.92. The van der Waals surface area contributed by atoms with Crippen molar-refractivity contribution in [3.63, 3.8) is 0 Å². The summed E-state index contributed by atoms with van der Waals surface area (Å²) in [5.74, 6) is -0.290. The van der Waals surface area contributed by atoms with Crippen LogP contribution < -0.4 is 0 Å². The standard InChI is InChI=1S/C19H27N3O2/c1-4-5-11-22-12-9-15(10-13-22)24-19(23)18-17-14(2)7-6-8-16(17)21(3)20-18/h6-8,15H,4-5,9-13H2,1-3H3. The maximum atomic E-state index is 12.6. The van der Waals surface area contributed by atoms with Crippen LogP contribution in [-0.2, 0) is 11.8 Å². The van der Waals surface area contributed by atoms with Crippen LogP contribution in [-0.4, -0.2) is 46.4 Å². The Balaban J connectivity index is 1.66. The Morgan fingerprint density at radius 3 is 2.79 bits per heavy atom. The molecule has 1 aromatic heterocycles. The maximum absolute atomic E-state index is 12.6. The molecule has 24 heavy (non-hydrogen) atoms. The van der Waals surface area contributed by atoms with Gasteiger partial charge in [0.05, 0.1) is 5.52 Å². The summed E-state index contributed by atoms with van der Waals surface area (Å²) >= 11 is 0. The first-order valence-electron chi connectivity index (χ1n) is 8.95. The average Bonchev–Trinajstić information content (AvgIpc) is 2.93. The highest BCUT2D eigenvalue weighted by Crippen LogP contribution is 2.24. The summed E-state index contributed by atoms with van der Waals surface area (Å²) in [6, 6.07) is 5.98. The average molecular weight is 329 g/mol. The Hall–Kier alpha value is -1.88. The fourth-order valence-electron chi connectivity index (χ4n) is 3.47. The lowest BCUT2D eigenvalue weighted by molar-refractivity contribution is 0.0108. The van der Waals surface area contributed by atoms with E-state index in [4.69, 9.17) is 4.74 Å². The molecule has 0 saturated carbocycles. The Morgan fingerprint density at radius 2 is 2.08 bits per heavy atom. The van der Waals surface area contributed by atoms with Crippen molar-refractivity contribution in [1.29, 1.82) is 0 Å². The summed E-state index contributed by atoms with van der Waals surface area (Å²) in [6.45, 7) is 7.40. The van der Waals surface area contributed by atoms with E-state index in [0.717, 1.165) is 48.9 Å². The number of hydrogen-bond donors (Lipinski definition) is 0. The Morgan fingerprint density at radius 1 is 1.33 bits per heavy atom. The molecule has 5 heteroatoms. The van der Waals surface area contributed by atoms with Gasteiger partial charge in [-0.05, 0) is 44.4 Å². The number of likely N-dealkylation sites (tertiary alicyclic amines) is 1. The summed E-state index contributed by atoms with van der Waals surface area (Å²) in [6.07, 6.45) is 4.31. The smallest absolute Gasteiger partial charge is 0.359 e. The molecule has 0 amide bonds. The van der Waals surface area contributed by atoms with Crippen molar-refractivity contribution >= 4 is 16.9 Å². The van der Waals surface area contributed by atoms with Gasteiger partial charge in [-0.25, -0.2) is 4.79 Å². The Bertz CT molecular complexity index is 715. The highest BCUT2D eigenvalue weighted by atomic mass is 16.5. The molecule has 0 aliphatic carbocycles. The van der Waals surface area contributed by atoms with Gasteiger partial charge < -0.3 is 9.64 Å². The maximum Gasteiger partial charge on any atom is 0.359 e. The second kappa shape index (κ2) is 7.34. The van der Waals surface area contributed by atoms with Gasteiger partial charge in [-0.2, -0.15) is 5.10 Å². The largest absolute Gasteiger partial charge is 0.457 e. The summed E-state index contributed by atoms with van der Waals surface area (Å²) in [7, 11) is 1.87. The van der Waals surface area contributed by atoms with Crippen molar-refractivity contribution in [2.75, 3.05) is 19.6 Å². The molecule has 2 aromatic rings. The van der Waals surface area contributed by atoms with Crippen LogP contribution in [0.15, 0.2) is 18.2 Å². The second-order valence-corrected chi connectivity index (χ2v) is 6.74. The van der Waals surface area contributed by atoms with Crippen molar-refractivity contribution in [1.82, 2.24) is 14.7 Å². The molecule has 1 saturated heterocycles. The molecule has 0 unspecified atom stereocenters. The summed E-state index contributed by atoms with van der Waals surface area (Å²) in [5, 5.41) is 5.31. The third-order valence-corrected chi connectivity index (χ3v) is 4.92. The number of piperidine rings is 1. The molecule has 0 bridgehead atoms. The molecule has 0 atom stereocenters. The van der Waals surface area contributed by atoms with Gasteiger partial charge in [0.2, 0.25) is 0 Å². The zero-order valence-corrected chi connectivity index (χ0v) is 14.9. The number of aromatic nitrogens is 2. The number of rotatable bonds is 5. The highest BCUT2D eigenvalue weighted by Gasteiger charge is 2.25. The van der Waals surface area contributed by atoms with E-state index in [9.17, 15) is 4.79 Å². The number of esters is 1. The van der Waals surface area contributed by atoms with Crippen molar-refractivity contribution < 1.29 is 9.53 Å². The first-order chi connectivity index (χ1) is 11.6. The monoisotopic (exact) mass is 329 g/mol. The number of ether oxygens (including phenoxy) is 1. The number of aryl methyl sites for hydroxylation is 2. The van der Waals surface area contributed by atoms with Crippen LogP contribution in [0.2, 0.25) is 0 Å². The zero-order valence-electron chi connectivity index (χ0n) is 14.9. The van der Waals surface area contributed by atoms with E-state index < -0.39 is 0 Å². The number of benzene rings is 1. The van der Waals surface area contributed by atoms with Crippen molar-refractivity contribution in [3.8, 4) is 0 Å². The van der Waals surface area contributed by atoms with Crippen molar-refractivity contribution in [2.45, 2.75) is 45.6 Å². The molecule has 1 aliphatic heterocycles. The van der Waals surface area contributed by atoms with Gasteiger partial charge in [0.25, 0.3) is 0 Å². The molecule has 0 spiro atoms. The van der Waals surface area contributed by atoms with Gasteiger partial charge in [-0.3, -0.25) is 4.68 Å². The number of unbranched alkanes of at least 4 members (excludes halogenated alkanes) is 1. The molecule has 0 N–H and O–H groups in total. The lowest BCUT2D eigenvalue weighted by Gasteiger charge is -2.31. The van der Waals surface area contributed by atoms with E-state index in [1.54, 1.807) is 4.68 Å². The van der Waals surface area contributed by atoms with Gasteiger partial charge >= 0.3 is 5.97 Å². The minimum absolute atomic E-state index is 0.0106. The zero-order chi connectivity index (χ0) is 17.1. The van der Waals surface area contributed by atoms with Crippen LogP contribution in [0.4, 0.5) is 0 Å². The highest BCUT2D eigenvalue weighted by molar-refractivity contribution is 6.03. The third kappa shape index (κ3) is 3.46. The van der Waals surface area contributed by atoms with E-state index in [1.165, 1.54) is 12.8 Å². The summed E-state index contributed by atoms with van der Waals surface area (Å²) < 4.78 is 7.52. The second-order valence-electron chi connectivity index (χ2n) is 6.74. The molecule has 130 valence electrons. The minimum atomic E-state index is -0.290. The lowest BCUT2D eigenvalue weighted by atomic mass is 10.1. The summed E-state index contributed by atoms with van der Waals surface area (Å²) in [5.41, 5.74) is 2.47. The van der Waals surface area contributed by atoms with E-state index in [0.29, 0.717) is 5.69 Å². The van der Waals surface area contributed by atoms with Crippen LogP contribution in [0.3, 0.4) is 0 Å². The molecule has 3 rings (SSSR count). The molecule has 1 aromatic carbocycles. The normalized spacial score (nSPS) is 16.6. The quantitative estimate of drug-likeness (QED) is 0.790. The van der Waals surface area contributed by atoms with Crippen molar-refractivity contribution in [3.05, 3.63) is 29.5 Å². The summed E-state index contributed by atoms with van der Waals surface area (Å²) in [4.78, 5) is 15.1. The Labute approximate surface area is 143 Å². The topological polar surface area (TPSA) is 47.4 Å². The van der Waals surface area contributed by atoms with Crippen LogP contribution in [0, 0.1) is 6.92 Å². The fourth-order valence-corrected chi connectivity index (χ4v) is 3.47. The van der Waals surface area contributed by atoms with Crippen molar-refractivity contribution in [2.24, 2.45) is 7.05 Å². The van der Waals surface area contributed by atoms with E-state index in [1.807, 2.05) is 32.2 Å². The molecule has 1 aliphatic rings. The number of nitrogens with zero attached hydrogens (tertiary/aromatic N) is 3. The van der Waals surface area contributed by atoms with Crippen LogP contribution in [0.25, 0.3) is 10.9 Å². The first kappa shape index (κ1) is 17.0. The Kier molecular flexibility index (Phi) is 5.19. The minimum Gasteiger partial charge on any atom is -0.457 e. The molecule has 5 nitrogen and oxygen atoms in total. The van der Waals surface area contributed by atoms with Crippen LogP contribution in [0.5, 0.6) is 0 Å².